The van der Waals surface area contributed by atoms with Crippen molar-refractivity contribution in [1.82, 2.24) is 4.72 Å². The third kappa shape index (κ3) is 4.09. The molecule has 0 saturated carbocycles. The fourth-order valence-corrected chi connectivity index (χ4v) is 3.01. The van der Waals surface area contributed by atoms with Gasteiger partial charge >= 0.3 is 0 Å². The van der Waals surface area contributed by atoms with E-state index in [0.717, 1.165) is 0 Å². The average Bonchev–Trinajstić information content (AvgIpc) is 2.31. The summed E-state index contributed by atoms with van der Waals surface area (Å²) in [6.07, 6.45) is 0.276. The molecule has 20 heavy (non-hydrogen) atoms. The first kappa shape index (κ1) is 17.7. The minimum atomic E-state index is -1.37. The van der Waals surface area contributed by atoms with Crippen LogP contribution in [0.5, 0.6) is 0 Å². The van der Waals surface area contributed by atoms with Crippen LogP contribution in [0.3, 0.4) is 0 Å². The van der Waals surface area contributed by atoms with Crippen LogP contribution in [-0.2, 0) is 16.9 Å². The van der Waals surface area contributed by atoms with Crippen LogP contribution in [0.1, 0.15) is 39.7 Å². The molecule has 0 amide bonds. The zero-order valence-corrected chi connectivity index (χ0v) is 13.7. The van der Waals surface area contributed by atoms with Gasteiger partial charge in [-0.05, 0) is 45.7 Å². The number of hydrogen-bond donors (Lipinski definition) is 2. The molecule has 0 saturated heterocycles. The first-order chi connectivity index (χ1) is 9.12. The van der Waals surface area contributed by atoms with Gasteiger partial charge in [-0.2, -0.15) is 0 Å². The summed E-state index contributed by atoms with van der Waals surface area (Å²) in [6.45, 7) is 7.14. The number of halogens is 2. The Kier molecular flexibility index (Phi) is 5.87. The van der Waals surface area contributed by atoms with Crippen molar-refractivity contribution in [3.8, 4) is 0 Å². The van der Waals surface area contributed by atoms with Crippen molar-refractivity contribution in [3.63, 3.8) is 0 Å². The first-order valence-corrected chi connectivity index (χ1v) is 7.89. The van der Waals surface area contributed by atoms with Gasteiger partial charge in [0.15, 0.2) is 0 Å². The summed E-state index contributed by atoms with van der Waals surface area (Å²) < 4.78 is 28.4. The molecule has 0 aromatic heterocycles. The Balaban J connectivity index is 3.18. The Morgan fingerprint density at radius 3 is 2.45 bits per heavy atom. The predicted molar refractivity (Wildman–Crippen MR) is 81.5 cm³/mol. The second-order valence-corrected chi connectivity index (χ2v) is 8.23. The lowest BCUT2D eigenvalue weighted by Gasteiger charge is -2.35. The van der Waals surface area contributed by atoms with Crippen LogP contribution in [0.4, 0.5) is 4.39 Å². The lowest BCUT2D eigenvalue weighted by Crippen LogP contribution is -2.50. The maximum absolute atomic E-state index is 13.6. The van der Waals surface area contributed by atoms with Crippen molar-refractivity contribution in [1.29, 1.82) is 0 Å². The monoisotopic (exact) mass is 321 g/mol. The third-order valence-corrected chi connectivity index (χ3v) is 5.16. The van der Waals surface area contributed by atoms with E-state index in [0.29, 0.717) is 5.56 Å². The number of aliphatic hydroxyl groups excluding tert-OH is 1. The molecule has 3 nitrogen and oxygen atoms in total. The minimum absolute atomic E-state index is 0.0122. The van der Waals surface area contributed by atoms with E-state index in [4.69, 9.17) is 11.6 Å². The quantitative estimate of drug-likeness (QED) is 0.819. The molecule has 1 rings (SSSR count). The molecule has 1 aromatic carbocycles. The summed E-state index contributed by atoms with van der Waals surface area (Å²) in [4.78, 5) is 0. The average molecular weight is 322 g/mol. The number of hydrogen-bond acceptors (Lipinski definition) is 3. The first-order valence-electron chi connectivity index (χ1n) is 6.37. The predicted octanol–water partition coefficient (Wildman–Crippen LogP) is 3.13. The van der Waals surface area contributed by atoms with Crippen LogP contribution in [0, 0.1) is 5.82 Å². The molecule has 0 aliphatic heterocycles. The molecule has 1 unspecified atom stereocenters. The fraction of sp³-hybridized carbons (Fsp3) is 0.571. The van der Waals surface area contributed by atoms with E-state index in [2.05, 4.69) is 4.72 Å². The van der Waals surface area contributed by atoms with Crippen LogP contribution >= 0.6 is 11.6 Å². The summed E-state index contributed by atoms with van der Waals surface area (Å²) in [7, 11) is 0. The molecule has 0 aliphatic carbocycles. The lowest BCUT2D eigenvalue weighted by molar-refractivity contribution is 0.237. The number of nitrogens with one attached hydrogen (secondary N) is 1. The molecule has 0 bridgehead atoms. The van der Waals surface area contributed by atoms with Gasteiger partial charge in [0.1, 0.15) is 10.6 Å². The maximum atomic E-state index is 13.6. The topological polar surface area (TPSA) is 55.3 Å². The molecule has 0 heterocycles. The Hall–Kier alpha value is -0.330. The number of benzene rings is 1. The summed E-state index contributed by atoms with van der Waals surface area (Å²) in [5.74, 6) is -0.531. The van der Waals surface area contributed by atoms with Crippen molar-refractivity contribution in [2.24, 2.45) is 0 Å². The van der Waals surface area contributed by atoms with Gasteiger partial charge in [-0.3, -0.25) is 0 Å². The molecular formula is C14H21ClFNO2S. The molecular weight excluding hydrogens is 301 g/mol. The van der Waals surface area contributed by atoms with E-state index in [-0.39, 0.29) is 18.1 Å². The van der Waals surface area contributed by atoms with Gasteiger partial charge in [0.05, 0.1) is 10.6 Å². The molecule has 2 N–H and O–H groups in total. The Bertz CT molecular complexity index is 467. The summed E-state index contributed by atoms with van der Waals surface area (Å²) in [5, 5.41) is 9.25. The van der Waals surface area contributed by atoms with Crippen LogP contribution in [-0.4, -0.2) is 21.0 Å². The molecule has 0 fully saturated rings. The highest BCUT2D eigenvalue weighted by Gasteiger charge is 2.38. The SMILES string of the molecule is CC(CCO)(N[S@+]([O-])C(C)(C)C)c1cccc(F)c1Cl. The molecule has 2 atom stereocenters. The lowest BCUT2D eigenvalue weighted by atomic mass is 9.90. The fourth-order valence-electron chi connectivity index (χ4n) is 1.75. The highest BCUT2D eigenvalue weighted by atomic mass is 35.5. The maximum Gasteiger partial charge on any atom is 0.142 e. The molecule has 114 valence electrons. The normalized spacial score (nSPS) is 16.8. The Morgan fingerprint density at radius 2 is 1.95 bits per heavy atom. The van der Waals surface area contributed by atoms with Gasteiger partial charge in [-0.15, -0.1) is 4.72 Å². The zero-order chi connectivity index (χ0) is 15.6. The standard InChI is InChI=1S/C14H21ClFNO2S/c1-13(2,3)20(19)17-14(4,8-9-18)10-6-5-7-11(16)12(10)15/h5-7,17-18H,8-9H2,1-4H3/t14?,20-/m1/s1. The summed E-state index contributed by atoms with van der Waals surface area (Å²) >= 11 is 4.65. The minimum Gasteiger partial charge on any atom is -0.598 e. The molecule has 0 radical (unpaired) electrons. The van der Waals surface area contributed by atoms with Crippen molar-refractivity contribution in [2.45, 2.75) is 44.4 Å². The summed E-state index contributed by atoms with van der Waals surface area (Å²) in [5.41, 5.74) is -0.377. The second-order valence-electron chi connectivity index (χ2n) is 5.89. The second kappa shape index (κ2) is 6.62. The van der Waals surface area contributed by atoms with Crippen molar-refractivity contribution in [3.05, 3.63) is 34.6 Å². The highest BCUT2D eigenvalue weighted by molar-refractivity contribution is 7.90. The molecule has 0 aliphatic rings. The number of aliphatic hydroxyl groups is 1. The van der Waals surface area contributed by atoms with Gasteiger partial charge in [-0.25, -0.2) is 4.39 Å². The van der Waals surface area contributed by atoms with Gasteiger partial charge < -0.3 is 9.66 Å². The number of rotatable bonds is 5. The van der Waals surface area contributed by atoms with E-state index in [1.54, 1.807) is 19.1 Å². The Morgan fingerprint density at radius 1 is 1.35 bits per heavy atom. The zero-order valence-electron chi connectivity index (χ0n) is 12.2. The van der Waals surface area contributed by atoms with E-state index in [1.807, 2.05) is 20.8 Å². The van der Waals surface area contributed by atoms with Crippen molar-refractivity contribution < 1.29 is 14.0 Å². The van der Waals surface area contributed by atoms with Crippen molar-refractivity contribution >= 4 is 23.0 Å². The van der Waals surface area contributed by atoms with E-state index >= 15 is 0 Å². The van der Waals surface area contributed by atoms with Gasteiger partial charge in [0, 0.05) is 18.0 Å². The van der Waals surface area contributed by atoms with E-state index < -0.39 is 27.5 Å². The van der Waals surface area contributed by atoms with Crippen LogP contribution in [0.2, 0.25) is 5.02 Å². The van der Waals surface area contributed by atoms with Crippen LogP contribution in [0.25, 0.3) is 0 Å². The van der Waals surface area contributed by atoms with E-state index in [1.165, 1.54) is 6.07 Å². The summed E-state index contributed by atoms with van der Waals surface area (Å²) in [6, 6.07) is 4.49. The molecule has 1 aromatic rings. The van der Waals surface area contributed by atoms with E-state index in [9.17, 15) is 14.0 Å². The third-order valence-electron chi connectivity index (χ3n) is 3.03. The van der Waals surface area contributed by atoms with Crippen molar-refractivity contribution in [2.75, 3.05) is 6.61 Å². The Labute approximate surface area is 127 Å². The van der Waals surface area contributed by atoms with Gasteiger partial charge in [0.25, 0.3) is 0 Å². The van der Waals surface area contributed by atoms with Gasteiger partial charge in [0.2, 0.25) is 0 Å². The van der Waals surface area contributed by atoms with Crippen LogP contribution in [0.15, 0.2) is 18.2 Å². The smallest absolute Gasteiger partial charge is 0.142 e. The largest absolute Gasteiger partial charge is 0.598 e. The molecule has 6 heteroatoms. The molecule has 0 spiro atoms. The van der Waals surface area contributed by atoms with Crippen LogP contribution < -0.4 is 4.72 Å². The van der Waals surface area contributed by atoms with Gasteiger partial charge in [-0.1, -0.05) is 23.7 Å². The highest BCUT2D eigenvalue weighted by Crippen LogP contribution is 2.34.